The van der Waals surface area contributed by atoms with Crippen LogP contribution in [0.4, 0.5) is 22.0 Å². The molecule has 1 aromatic heterocycles. The molecule has 324 valence electrons. The van der Waals surface area contributed by atoms with Crippen molar-refractivity contribution >= 4 is 38.5 Å². The number of halogens is 5. The molecular weight excluding hydrogens is 768 g/mol. The number of nitriles is 1. The summed E-state index contributed by atoms with van der Waals surface area (Å²) < 4.78 is 83.3. The summed E-state index contributed by atoms with van der Waals surface area (Å²) in [6.07, 6.45) is 2.09. The van der Waals surface area contributed by atoms with Gasteiger partial charge in [-0.3, -0.25) is 0 Å². The van der Waals surface area contributed by atoms with Crippen LogP contribution in [0.25, 0.3) is 15.7 Å². The Labute approximate surface area is 349 Å². The van der Waals surface area contributed by atoms with Gasteiger partial charge in [-0.15, -0.1) is 11.3 Å². The zero-order valence-corrected chi connectivity index (χ0v) is 38.2. The summed E-state index contributed by atoms with van der Waals surface area (Å²) in [6, 6.07) is 4.86. The lowest BCUT2D eigenvalue weighted by Gasteiger charge is -2.36. The summed E-state index contributed by atoms with van der Waals surface area (Å²) in [5, 5.41) is 13.2. The normalized spacial score (nSPS) is 16.6. The highest BCUT2D eigenvalue weighted by atomic mass is 32.1. The fraction of sp³-hybridized carbons (Fsp3) is 0.587. The van der Waals surface area contributed by atoms with E-state index in [0.29, 0.717) is 41.8 Å². The second-order valence-electron chi connectivity index (χ2n) is 15.4. The third kappa shape index (κ3) is 13.9. The third-order valence-electron chi connectivity index (χ3n) is 10.5. The molecule has 1 aromatic carbocycles. The van der Waals surface area contributed by atoms with Gasteiger partial charge in [0.1, 0.15) is 23.4 Å². The van der Waals surface area contributed by atoms with Crippen molar-refractivity contribution in [3.8, 4) is 6.07 Å². The lowest BCUT2D eigenvalue weighted by molar-refractivity contribution is -0.116. The van der Waals surface area contributed by atoms with Gasteiger partial charge in [0.15, 0.2) is 5.83 Å². The Morgan fingerprint density at radius 1 is 1.03 bits per heavy atom. The average molecular weight is 835 g/mol. The van der Waals surface area contributed by atoms with E-state index in [1.165, 1.54) is 7.11 Å². The molecule has 1 heterocycles. The minimum atomic E-state index is -5.00. The van der Waals surface area contributed by atoms with E-state index in [1.807, 2.05) is 46.7 Å². The molecule has 0 radical (unpaired) electrons. The Morgan fingerprint density at radius 3 is 2.05 bits per heavy atom. The molecule has 0 spiro atoms. The molecule has 58 heavy (non-hydrogen) atoms. The van der Waals surface area contributed by atoms with Gasteiger partial charge >= 0.3 is 6.18 Å². The summed E-state index contributed by atoms with van der Waals surface area (Å²) in [5.74, 6) is -1.13. The van der Waals surface area contributed by atoms with Crippen LogP contribution in [0.15, 0.2) is 57.8 Å². The second-order valence-corrected chi connectivity index (χ2v) is 16.5. The number of allylic oxidation sites excluding steroid dienone is 7. The summed E-state index contributed by atoms with van der Waals surface area (Å²) in [4.78, 5) is 16.8. The zero-order chi connectivity index (χ0) is 44.7. The molecule has 0 amide bonds. The van der Waals surface area contributed by atoms with Crippen molar-refractivity contribution in [1.82, 2.24) is 10.2 Å². The first-order valence-corrected chi connectivity index (χ1v) is 21.2. The number of Topliss-reactive ketones (excluding diaryl/α,β-unsaturated/α-hetero) is 1. The molecule has 12 heteroatoms. The number of methoxy groups -OCH3 is 1. The second kappa shape index (κ2) is 24.3. The molecule has 3 rings (SSSR count). The van der Waals surface area contributed by atoms with Crippen LogP contribution in [0, 0.1) is 29.0 Å². The smallest absolute Gasteiger partial charge is 0.417 e. The van der Waals surface area contributed by atoms with E-state index in [1.54, 1.807) is 19.9 Å². The van der Waals surface area contributed by atoms with Gasteiger partial charge in [-0.05, 0) is 88.1 Å². The van der Waals surface area contributed by atoms with Crippen LogP contribution in [0.3, 0.4) is 0 Å². The van der Waals surface area contributed by atoms with Crippen LogP contribution in [-0.4, -0.2) is 55.9 Å². The fourth-order valence-corrected chi connectivity index (χ4v) is 7.40. The number of thiophene rings is 1. The van der Waals surface area contributed by atoms with Gasteiger partial charge in [0, 0.05) is 52.7 Å². The number of ketones is 1. The number of nitrogens with zero attached hydrogens (tertiary/aromatic N) is 3. The molecule has 3 unspecified atom stereocenters. The Balaban J connectivity index is 0.00000149. The van der Waals surface area contributed by atoms with Crippen molar-refractivity contribution in [3.63, 3.8) is 0 Å². The maximum atomic E-state index is 17.2. The maximum absolute atomic E-state index is 17.2. The summed E-state index contributed by atoms with van der Waals surface area (Å²) in [7, 11) is 5.14. The first-order chi connectivity index (χ1) is 27.1. The van der Waals surface area contributed by atoms with E-state index >= 15 is 22.0 Å². The number of alkyl halides is 3. The SMILES string of the molecule is CC/C=C(/N=C1/C(F)=C(c2ccc(F)c3sc(C(C)CC)c(C#N)c23)C(C(F)(F)F)=C/C1=C(/C)N(C)C(CCC(C)CC)C(C)C)OC.CCC(C)=O.CNC(C)C. The molecule has 0 saturated heterocycles. The fourth-order valence-electron chi connectivity index (χ4n) is 6.08. The number of benzene rings is 1. The number of aliphatic imine (C=N–C) groups is 1. The Hall–Kier alpha value is -3.82. The van der Waals surface area contributed by atoms with Crippen LogP contribution < -0.4 is 5.32 Å². The van der Waals surface area contributed by atoms with Crippen LogP contribution >= 0.6 is 11.3 Å². The molecule has 1 aliphatic carbocycles. The Kier molecular flexibility index (Phi) is 21.9. The first-order valence-electron chi connectivity index (χ1n) is 20.4. The van der Waals surface area contributed by atoms with Crippen LogP contribution in [0.5, 0.6) is 0 Å². The van der Waals surface area contributed by atoms with Crippen LogP contribution in [0.1, 0.15) is 144 Å². The van der Waals surface area contributed by atoms with Crippen LogP contribution in [-0.2, 0) is 9.53 Å². The number of ether oxygens (including phenoxy) is 1. The van der Waals surface area contributed by atoms with Crippen molar-refractivity contribution in [3.05, 3.63) is 74.7 Å². The molecule has 6 nitrogen and oxygen atoms in total. The third-order valence-corrected chi connectivity index (χ3v) is 12.0. The monoisotopic (exact) mass is 834 g/mol. The number of rotatable bonds is 15. The van der Waals surface area contributed by atoms with E-state index in [4.69, 9.17) is 4.74 Å². The zero-order valence-electron chi connectivity index (χ0n) is 37.4. The predicted molar refractivity (Wildman–Crippen MR) is 233 cm³/mol. The molecule has 0 bridgehead atoms. The highest BCUT2D eigenvalue weighted by Gasteiger charge is 2.43. The summed E-state index contributed by atoms with van der Waals surface area (Å²) in [5.41, 5.74) is -2.07. The molecule has 0 fully saturated rings. The minimum absolute atomic E-state index is 0.0152. The van der Waals surface area contributed by atoms with Gasteiger partial charge in [0.2, 0.25) is 5.88 Å². The molecular formula is C46H67F5N4O2S. The lowest BCUT2D eigenvalue weighted by Crippen LogP contribution is -2.36. The van der Waals surface area contributed by atoms with Gasteiger partial charge in [0.05, 0.1) is 22.9 Å². The molecule has 1 aliphatic rings. The van der Waals surface area contributed by atoms with Crippen molar-refractivity contribution in [2.45, 2.75) is 146 Å². The van der Waals surface area contributed by atoms with Gasteiger partial charge in [-0.2, -0.15) is 18.4 Å². The Bertz CT molecular complexity index is 1880. The van der Waals surface area contributed by atoms with E-state index in [0.717, 1.165) is 48.8 Å². The van der Waals surface area contributed by atoms with Crippen molar-refractivity contribution in [2.24, 2.45) is 16.8 Å². The highest BCUT2D eigenvalue weighted by molar-refractivity contribution is 7.19. The number of fused-ring (bicyclic) bond motifs is 1. The topological polar surface area (TPSA) is 77.7 Å². The number of nitrogens with one attached hydrogen (secondary N) is 1. The van der Waals surface area contributed by atoms with Gasteiger partial charge < -0.3 is 19.7 Å². The standard InChI is InChI=1S/C38H48F5N3OS.C4H11N.C4H8O/c1-11-14-31(47-10)45-35-26(24(8)46(9)30(21(4)5)18-15-22(6)12-2)19-28(38(41,42)43)33(34(35)40)25-16-17-29(39)37-32(25)27(20-44)36(48-37)23(7)13-3;1-4(2)5-3;1-3-4(2)5/h14,16-17,19,21-23,30H,11-13,15,18H2,1-10H3;4-5H,1-3H3;3H2,1-2H3/b26-24+,31-14-,45-35+;;. The highest BCUT2D eigenvalue weighted by Crippen LogP contribution is 2.49. The minimum Gasteiger partial charge on any atom is -0.481 e. The number of hydrogen-bond acceptors (Lipinski definition) is 7. The van der Waals surface area contributed by atoms with Crippen LogP contribution in [0.2, 0.25) is 0 Å². The van der Waals surface area contributed by atoms with Gasteiger partial charge in [-0.25, -0.2) is 13.8 Å². The van der Waals surface area contributed by atoms with Crippen molar-refractivity contribution in [2.75, 3.05) is 21.2 Å². The van der Waals surface area contributed by atoms with Gasteiger partial charge in [-0.1, -0.05) is 81.7 Å². The van der Waals surface area contributed by atoms with E-state index in [9.17, 15) is 10.1 Å². The largest absolute Gasteiger partial charge is 0.481 e. The molecule has 0 aliphatic heterocycles. The quantitative estimate of drug-likeness (QED) is 0.143. The van der Waals surface area contributed by atoms with Crippen molar-refractivity contribution in [1.29, 1.82) is 5.26 Å². The summed E-state index contributed by atoms with van der Waals surface area (Å²) in [6.45, 7) is 23.4. The molecule has 0 saturated carbocycles. The number of carbonyl (C=O) groups is 1. The van der Waals surface area contributed by atoms with E-state index in [-0.39, 0.29) is 62.0 Å². The molecule has 1 N–H and O–H groups in total. The predicted octanol–water partition coefficient (Wildman–Crippen LogP) is 13.6. The van der Waals surface area contributed by atoms with E-state index < -0.39 is 29.0 Å². The van der Waals surface area contributed by atoms with E-state index in [2.05, 4.69) is 57.9 Å². The number of hydrogen-bond donors (Lipinski definition) is 1. The van der Waals surface area contributed by atoms with Gasteiger partial charge in [0.25, 0.3) is 0 Å². The average Bonchev–Trinajstić information content (AvgIpc) is 3.58. The molecule has 2 aromatic rings. The summed E-state index contributed by atoms with van der Waals surface area (Å²) >= 11 is 1.02. The first kappa shape index (κ1) is 52.2. The lowest BCUT2D eigenvalue weighted by atomic mass is 9.84. The number of carbonyl (C=O) groups excluding carboxylic acids is 1. The van der Waals surface area contributed by atoms with Crippen molar-refractivity contribution < 1.29 is 31.5 Å². The molecule has 3 atom stereocenters. The maximum Gasteiger partial charge on any atom is 0.417 e. The Morgan fingerprint density at radius 2 is 1.62 bits per heavy atom.